The molecule has 2 aliphatic rings. The smallest absolute Gasteiger partial charge is 0.204 e. The molecule has 80 valence electrons. The predicted molar refractivity (Wildman–Crippen MR) is 61.2 cm³/mol. The Labute approximate surface area is 88.9 Å². The molecule has 1 unspecified atom stereocenters. The van der Waals surface area contributed by atoms with Crippen molar-refractivity contribution in [3.63, 3.8) is 0 Å². The van der Waals surface area contributed by atoms with Gasteiger partial charge >= 0.3 is 0 Å². The molecule has 15 heavy (non-hydrogen) atoms. The molecule has 0 bridgehead atoms. The highest BCUT2D eigenvalue weighted by Gasteiger charge is 2.13. The summed E-state index contributed by atoms with van der Waals surface area (Å²) in [5.74, 6) is 1.07. The van der Waals surface area contributed by atoms with Crippen LogP contribution < -0.4 is 16.4 Å². The standard InChI is InChI=1S/C10H15N5/c1-6-4-3-5-8(6)14-10-13-7(2)12-9(11)15-10/h4-5,7H,3H2,1-2H3,(H4,11,12,13,14,15). The molecule has 0 aromatic carbocycles. The van der Waals surface area contributed by atoms with Crippen molar-refractivity contribution >= 4 is 11.9 Å². The normalized spacial score (nSPS) is 24.8. The minimum absolute atomic E-state index is 0.125. The zero-order valence-electron chi connectivity index (χ0n) is 8.91. The molecule has 1 aliphatic heterocycles. The number of hydrogen-bond donors (Lipinski definition) is 3. The number of nitrogens with two attached hydrogens (primary N) is 1. The van der Waals surface area contributed by atoms with Gasteiger partial charge in [-0.15, -0.1) is 0 Å². The Morgan fingerprint density at radius 1 is 1.47 bits per heavy atom. The first kappa shape index (κ1) is 9.76. The summed E-state index contributed by atoms with van der Waals surface area (Å²) < 4.78 is 0. The van der Waals surface area contributed by atoms with E-state index in [4.69, 9.17) is 5.73 Å². The molecule has 0 aromatic rings. The van der Waals surface area contributed by atoms with Gasteiger partial charge in [0.2, 0.25) is 5.96 Å². The number of nitrogens with one attached hydrogen (secondary N) is 2. The van der Waals surface area contributed by atoms with Gasteiger partial charge in [-0.25, -0.2) is 9.98 Å². The molecule has 1 atom stereocenters. The van der Waals surface area contributed by atoms with Crippen LogP contribution >= 0.6 is 0 Å². The lowest BCUT2D eigenvalue weighted by Gasteiger charge is -2.18. The summed E-state index contributed by atoms with van der Waals surface area (Å²) in [6, 6.07) is 0. The third kappa shape index (κ3) is 2.18. The molecule has 5 heteroatoms. The average molecular weight is 205 g/mol. The van der Waals surface area contributed by atoms with Crippen molar-refractivity contribution < 1.29 is 0 Å². The number of hydrogen-bond acceptors (Lipinski definition) is 5. The fourth-order valence-electron chi connectivity index (χ4n) is 1.57. The molecular formula is C10H15N5. The maximum absolute atomic E-state index is 5.61. The first-order valence-corrected chi connectivity index (χ1v) is 4.97. The Kier molecular flexibility index (Phi) is 2.45. The summed E-state index contributed by atoms with van der Waals surface area (Å²) >= 11 is 0. The van der Waals surface area contributed by atoms with Crippen LogP contribution in [0.1, 0.15) is 20.3 Å². The van der Waals surface area contributed by atoms with Gasteiger partial charge in [0, 0.05) is 5.70 Å². The largest absolute Gasteiger partial charge is 0.370 e. The second kappa shape index (κ2) is 3.76. The quantitative estimate of drug-likeness (QED) is 0.581. The highest BCUT2D eigenvalue weighted by atomic mass is 15.3. The molecular weight excluding hydrogens is 190 g/mol. The lowest BCUT2D eigenvalue weighted by molar-refractivity contribution is 0.754. The number of aliphatic imine (C=N–C) groups is 2. The van der Waals surface area contributed by atoms with Gasteiger partial charge < -0.3 is 11.1 Å². The van der Waals surface area contributed by atoms with Gasteiger partial charge in [0.1, 0.15) is 6.17 Å². The van der Waals surface area contributed by atoms with E-state index in [1.807, 2.05) is 6.92 Å². The van der Waals surface area contributed by atoms with Crippen LogP contribution in [-0.4, -0.2) is 18.1 Å². The van der Waals surface area contributed by atoms with E-state index >= 15 is 0 Å². The number of allylic oxidation sites excluding steroid dienone is 3. The Bertz CT molecular complexity index is 389. The SMILES string of the molecule is CC1=CCC=C1NC1=NC(C)N=C(N)N1. The van der Waals surface area contributed by atoms with Crippen LogP contribution in [0.25, 0.3) is 0 Å². The summed E-state index contributed by atoms with van der Waals surface area (Å²) in [6.07, 6.45) is 5.12. The van der Waals surface area contributed by atoms with E-state index in [1.165, 1.54) is 5.57 Å². The Hall–Kier alpha value is -1.78. The molecule has 0 saturated carbocycles. The van der Waals surface area contributed by atoms with Gasteiger partial charge in [0.15, 0.2) is 5.96 Å². The molecule has 0 saturated heterocycles. The highest BCUT2D eigenvalue weighted by Crippen LogP contribution is 2.15. The fourth-order valence-corrected chi connectivity index (χ4v) is 1.57. The summed E-state index contributed by atoms with van der Waals surface area (Å²) in [5, 5.41) is 6.09. The monoisotopic (exact) mass is 205 g/mol. The number of nitrogens with zero attached hydrogens (tertiary/aromatic N) is 2. The topological polar surface area (TPSA) is 74.8 Å². The zero-order valence-corrected chi connectivity index (χ0v) is 8.91. The van der Waals surface area contributed by atoms with Gasteiger partial charge in [-0.2, -0.15) is 0 Å². The second-order valence-electron chi connectivity index (χ2n) is 3.61. The maximum Gasteiger partial charge on any atom is 0.204 e. The van der Waals surface area contributed by atoms with Crippen molar-refractivity contribution in [2.75, 3.05) is 0 Å². The van der Waals surface area contributed by atoms with E-state index < -0.39 is 0 Å². The van der Waals surface area contributed by atoms with Crippen LogP contribution in [0, 0.1) is 0 Å². The number of rotatable bonds is 1. The van der Waals surface area contributed by atoms with Crippen molar-refractivity contribution in [2.45, 2.75) is 26.4 Å². The Balaban J connectivity index is 2.05. The Morgan fingerprint density at radius 2 is 2.27 bits per heavy atom. The molecule has 2 rings (SSSR count). The van der Waals surface area contributed by atoms with Crippen LogP contribution in [0.2, 0.25) is 0 Å². The van der Waals surface area contributed by atoms with Crippen molar-refractivity contribution in [2.24, 2.45) is 15.7 Å². The van der Waals surface area contributed by atoms with E-state index in [9.17, 15) is 0 Å². The number of guanidine groups is 2. The fraction of sp³-hybridized carbons (Fsp3) is 0.400. The molecule has 0 fully saturated rings. The maximum atomic E-state index is 5.61. The van der Waals surface area contributed by atoms with Gasteiger partial charge in [0.25, 0.3) is 0 Å². The van der Waals surface area contributed by atoms with Gasteiger partial charge in [-0.1, -0.05) is 12.2 Å². The van der Waals surface area contributed by atoms with Crippen molar-refractivity contribution in [1.82, 2.24) is 10.6 Å². The van der Waals surface area contributed by atoms with Gasteiger partial charge in [-0.3, -0.25) is 5.32 Å². The third-order valence-electron chi connectivity index (χ3n) is 2.31. The van der Waals surface area contributed by atoms with Crippen molar-refractivity contribution in [3.8, 4) is 0 Å². The van der Waals surface area contributed by atoms with Gasteiger partial charge in [-0.05, 0) is 25.8 Å². The van der Waals surface area contributed by atoms with Crippen molar-refractivity contribution in [3.05, 3.63) is 23.4 Å². The molecule has 4 N–H and O–H groups in total. The lowest BCUT2D eigenvalue weighted by atomic mass is 10.3. The molecule has 0 spiro atoms. The van der Waals surface area contributed by atoms with E-state index in [2.05, 4.69) is 39.7 Å². The van der Waals surface area contributed by atoms with Crippen LogP contribution in [-0.2, 0) is 0 Å². The minimum Gasteiger partial charge on any atom is -0.370 e. The third-order valence-corrected chi connectivity index (χ3v) is 2.31. The summed E-state index contributed by atoms with van der Waals surface area (Å²) in [4.78, 5) is 8.34. The first-order valence-electron chi connectivity index (χ1n) is 4.97. The summed E-state index contributed by atoms with van der Waals surface area (Å²) in [5.41, 5.74) is 7.92. The molecule has 5 nitrogen and oxygen atoms in total. The molecule has 0 radical (unpaired) electrons. The summed E-state index contributed by atoms with van der Waals surface area (Å²) in [7, 11) is 0. The van der Waals surface area contributed by atoms with Crippen LogP contribution in [0.3, 0.4) is 0 Å². The Morgan fingerprint density at radius 3 is 2.87 bits per heavy atom. The van der Waals surface area contributed by atoms with E-state index in [-0.39, 0.29) is 6.17 Å². The van der Waals surface area contributed by atoms with Crippen LogP contribution in [0.5, 0.6) is 0 Å². The van der Waals surface area contributed by atoms with Crippen LogP contribution in [0.15, 0.2) is 33.4 Å². The summed E-state index contributed by atoms with van der Waals surface area (Å²) in [6.45, 7) is 3.96. The van der Waals surface area contributed by atoms with E-state index in [1.54, 1.807) is 0 Å². The molecule has 1 heterocycles. The molecule has 0 amide bonds. The molecule has 1 aliphatic carbocycles. The molecule has 0 aromatic heterocycles. The van der Waals surface area contributed by atoms with Gasteiger partial charge in [0.05, 0.1) is 0 Å². The average Bonchev–Trinajstić information content (AvgIpc) is 2.50. The first-order chi connectivity index (χ1) is 7.15. The second-order valence-corrected chi connectivity index (χ2v) is 3.61. The van der Waals surface area contributed by atoms with Crippen molar-refractivity contribution in [1.29, 1.82) is 0 Å². The minimum atomic E-state index is -0.125. The predicted octanol–water partition coefficient (Wildman–Crippen LogP) is 0.430. The van der Waals surface area contributed by atoms with E-state index in [0.717, 1.165) is 12.1 Å². The lowest BCUT2D eigenvalue weighted by Crippen LogP contribution is -2.47. The zero-order chi connectivity index (χ0) is 10.8. The highest BCUT2D eigenvalue weighted by molar-refractivity contribution is 6.00. The van der Waals surface area contributed by atoms with Crippen LogP contribution in [0.4, 0.5) is 0 Å². The van der Waals surface area contributed by atoms with E-state index in [0.29, 0.717) is 11.9 Å².